The summed E-state index contributed by atoms with van der Waals surface area (Å²) < 4.78 is 14.0. The van der Waals surface area contributed by atoms with Crippen LogP contribution in [0.1, 0.15) is 54.0 Å². The van der Waals surface area contributed by atoms with Gasteiger partial charge in [0.15, 0.2) is 0 Å². The van der Waals surface area contributed by atoms with E-state index in [4.69, 9.17) is 9.31 Å². The molecule has 0 radical (unpaired) electrons. The summed E-state index contributed by atoms with van der Waals surface area (Å²) in [5, 5.41) is 4.38. The molecule has 0 aliphatic carbocycles. The summed E-state index contributed by atoms with van der Waals surface area (Å²) in [5.41, 5.74) is 0.403. The monoisotopic (exact) mass is 250 g/mol. The summed E-state index contributed by atoms with van der Waals surface area (Å²) in [7, 11) is -0.312. The Hall–Kier alpha value is -0.805. The highest BCUT2D eigenvalue weighted by atomic mass is 16.7. The maximum absolute atomic E-state index is 6.00. The van der Waals surface area contributed by atoms with Gasteiger partial charge in [-0.2, -0.15) is 5.10 Å². The lowest BCUT2D eigenvalue weighted by Gasteiger charge is -2.32. The Morgan fingerprint density at radius 3 is 2.33 bits per heavy atom. The van der Waals surface area contributed by atoms with Crippen LogP contribution >= 0.6 is 0 Å². The third-order valence-corrected chi connectivity index (χ3v) is 4.19. The van der Waals surface area contributed by atoms with E-state index in [0.717, 1.165) is 11.9 Å². The zero-order chi connectivity index (χ0) is 13.6. The Kier molecular flexibility index (Phi) is 3.32. The second-order valence-corrected chi connectivity index (χ2v) is 6.10. The van der Waals surface area contributed by atoms with E-state index in [-0.39, 0.29) is 18.3 Å². The fraction of sp³-hybridized carbons (Fsp3) is 0.769. The van der Waals surface area contributed by atoms with Gasteiger partial charge in [0.25, 0.3) is 0 Å². The quantitative estimate of drug-likeness (QED) is 0.771. The van der Waals surface area contributed by atoms with Crippen LogP contribution < -0.4 is 5.46 Å². The van der Waals surface area contributed by atoms with Crippen LogP contribution in [0.4, 0.5) is 0 Å². The molecule has 4 nitrogen and oxygen atoms in total. The molecule has 1 aliphatic heterocycles. The molecule has 1 fully saturated rings. The van der Waals surface area contributed by atoms with Gasteiger partial charge in [0.1, 0.15) is 0 Å². The molecule has 0 aromatic carbocycles. The summed E-state index contributed by atoms with van der Waals surface area (Å²) in [6, 6.07) is 0.404. The van der Waals surface area contributed by atoms with Gasteiger partial charge in [-0.1, -0.05) is 6.92 Å². The standard InChI is InChI=1S/C13H23BN2O2/c1-7-10(2)16-9-11(8-15-16)14-17-12(3,4)13(5,6)18-14/h8-10H,7H2,1-6H3. The molecule has 18 heavy (non-hydrogen) atoms. The van der Waals surface area contributed by atoms with Crippen molar-refractivity contribution >= 4 is 12.6 Å². The summed E-state index contributed by atoms with van der Waals surface area (Å²) >= 11 is 0. The van der Waals surface area contributed by atoms with E-state index in [1.54, 1.807) is 0 Å². The number of nitrogens with zero attached hydrogens (tertiary/aromatic N) is 2. The molecule has 1 aromatic rings. The Morgan fingerprint density at radius 2 is 1.83 bits per heavy atom. The molecule has 5 heteroatoms. The SMILES string of the molecule is CCC(C)n1cc(B2OC(C)(C)C(C)(C)O2)cn1. The number of hydrogen-bond acceptors (Lipinski definition) is 3. The Balaban J connectivity index is 2.17. The molecule has 1 unspecified atom stereocenters. The Morgan fingerprint density at radius 1 is 1.28 bits per heavy atom. The van der Waals surface area contributed by atoms with E-state index in [9.17, 15) is 0 Å². The first-order valence-electron chi connectivity index (χ1n) is 6.66. The fourth-order valence-corrected chi connectivity index (χ4v) is 1.88. The second-order valence-electron chi connectivity index (χ2n) is 6.10. The summed E-state index contributed by atoms with van der Waals surface area (Å²) in [4.78, 5) is 0. The lowest BCUT2D eigenvalue weighted by Crippen LogP contribution is -2.41. The first-order chi connectivity index (χ1) is 8.27. The molecular formula is C13H23BN2O2. The van der Waals surface area contributed by atoms with Gasteiger partial charge in [0, 0.05) is 23.9 Å². The van der Waals surface area contributed by atoms with Crippen molar-refractivity contribution in [1.82, 2.24) is 9.78 Å². The molecule has 0 N–H and O–H groups in total. The molecule has 2 heterocycles. The predicted molar refractivity (Wildman–Crippen MR) is 72.9 cm³/mol. The average Bonchev–Trinajstić information content (AvgIpc) is 2.82. The number of rotatable bonds is 3. The molecule has 1 aliphatic rings. The smallest absolute Gasteiger partial charge is 0.399 e. The maximum atomic E-state index is 6.00. The molecule has 1 saturated heterocycles. The van der Waals surface area contributed by atoms with Crippen molar-refractivity contribution in [2.24, 2.45) is 0 Å². The fourth-order valence-electron chi connectivity index (χ4n) is 1.88. The highest BCUT2D eigenvalue weighted by molar-refractivity contribution is 6.61. The van der Waals surface area contributed by atoms with Crippen LogP contribution in [0.3, 0.4) is 0 Å². The van der Waals surface area contributed by atoms with Crippen molar-refractivity contribution < 1.29 is 9.31 Å². The molecule has 1 aromatic heterocycles. The first kappa shape index (κ1) is 13.6. The van der Waals surface area contributed by atoms with Crippen molar-refractivity contribution in [1.29, 1.82) is 0 Å². The lowest BCUT2D eigenvalue weighted by molar-refractivity contribution is 0.00578. The van der Waals surface area contributed by atoms with Crippen LogP contribution in [-0.2, 0) is 9.31 Å². The summed E-state index contributed by atoms with van der Waals surface area (Å²) in [6.45, 7) is 12.6. The van der Waals surface area contributed by atoms with Gasteiger partial charge >= 0.3 is 7.12 Å². The molecule has 0 bridgehead atoms. The summed E-state index contributed by atoms with van der Waals surface area (Å²) in [6.07, 6.45) is 4.93. The van der Waals surface area contributed by atoms with Crippen LogP contribution in [0.15, 0.2) is 12.4 Å². The summed E-state index contributed by atoms with van der Waals surface area (Å²) in [5.74, 6) is 0. The highest BCUT2D eigenvalue weighted by Crippen LogP contribution is 2.36. The first-order valence-corrected chi connectivity index (χ1v) is 6.66. The molecule has 1 atom stereocenters. The van der Waals surface area contributed by atoms with Crippen molar-refractivity contribution in [3.8, 4) is 0 Å². The minimum absolute atomic E-state index is 0.295. The maximum Gasteiger partial charge on any atom is 0.498 e. The van der Waals surface area contributed by atoms with Crippen molar-refractivity contribution in [2.45, 2.75) is 65.2 Å². The molecule has 0 spiro atoms. The predicted octanol–water partition coefficient (Wildman–Crippen LogP) is 2.15. The Bertz CT molecular complexity index is 412. The van der Waals surface area contributed by atoms with Crippen molar-refractivity contribution in [3.63, 3.8) is 0 Å². The van der Waals surface area contributed by atoms with Crippen LogP contribution in [0, 0.1) is 0 Å². The van der Waals surface area contributed by atoms with Crippen LogP contribution in [-0.4, -0.2) is 28.1 Å². The van der Waals surface area contributed by atoms with Gasteiger partial charge in [0.2, 0.25) is 0 Å². The van der Waals surface area contributed by atoms with Crippen molar-refractivity contribution in [3.05, 3.63) is 12.4 Å². The normalized spacial score (nSPS) is 23.3. The zero-order valence-corrected chi connectivity index (χ0v) is 12.2. The van der Waals surface area contributed by atoms with Gasteiger partial charge in [-0.05, 0) is 41.0 Å². The van der Waals surface area contributed by atoms with Gasteiger partial charge in [0.05, 0.1) is 11.2 Å². The average molecular weight is 250 g/mol. The third kappa shape index (κ3) is 2.21. The van der Waals surface area contributed by atoms with E-state index >= 15 is 0 Å². The molecule has 0 amide bonds. The topological polar surface area (TPSA) is 36.3 Å². The largest absolute Gasteiger partial charge is 0.498 e. The third-order valence-electron chi connectivity index (χ3n) is 4.19. The zero-order valence-electron chi connectivity index (χ0n) is 12.2. The highest BCUT2D eigenvalue weighted by Gasteiger charge is 2.52. The second kappa shape index (κ2) is 4.39. The molecule has 0 saturated carbocycles. The Labute approximate surface area is 110 Å². The van der Waals surface area contributed by atoms with E-state index < -0.39 is 0 Å². The van der Waals surface area contributed by atoms with Gasteiger partial charge < -0.3 is 9.31 Å². The lowest BCUT2D eigenvalue weighted by atomic mass is 9.82. The molecule has 2 rings (SSSR count). The van der Waals surface area contributed by atoms with Crippen LogP contribution in [0.5, 0.6) is 0 Å². The van der Waals surface area contributed by atoms with Gasteiger partial charge in [-0.25, -0.2) is 0 Å². The van der Waals surface area contributed by atoms with Gasteiger partial charge in [-0.15, -0.1) is 0 Å². The van der Waals surface area contributed by atoms with Crippen LogP contribution in [0.2, 0.25) is 0 Å². The number of aromatic nitrogens is 2. The van der Waals surface area contributed by atoms with Crippen molar-refractivity contribution in [2.75, 3.05) is 0 Å². The van der Waals surface area contributed by atoms with Gasteiger partial charge in [-0.3, -0.25) is 4.68 Å². The minimum atomic E-state index is -0.312. The number of hydrogen-bond donors (Lipinski definition) is 0. The van der Waals surface area contributed by atoms with E-state index in [2.05, 4.69) is 46.6 Å². The van der Waals surface area contributed by atoms with E-state index in [1.807, 2.05) is 17.1 Å². The molecular weight excluding hydrogens is 227 g/mol. The van der Waals surface area contributed by atoms with E-state index in [1.165, 1.54) is 0 Å². The minimum Gasteiger partial charge on any atom is -0.399 e. The van der Waals surface area contributed by atoms with E-state index in [0.29, 0.717) is 6.04 Å². The van der Waals surface area contributed by atoms with Crippen LogP contribution in [0.25, 0.3) is 0 Å². The molecule has 100 valence electrons.